The van der Waals surface area contributed by atoms with Crippen LogP contribution in [0.15, 0.2) is 71.6 Å². The molecule has 0 aromatic heterocycles. The minimum atomic E-state index is -4.15. The van der Waals surface area contributed by atoms with Crippen LogP contribution in [0.5, 0.6) is 5.75 Å². The van der Waals surface area contributed by atoms with Gasteiger partial charge in [0.15, 0.2) is 5.78 Å². The molecular formula is C24H23ClN2O5S. The van der Waals surface area contributed by atoms with Crippen LogP contribution >= 0.6 is 11.6 Å². The molecule has 7 nitrogen and oxygen atoms in total. The third-order valence-corrected chi connectivity index (χ3v) is 6.87. The summed E-state index contributed by atoms with van der Waals surface area (Å²) in [5, 5.41) is 2.93. The van der Waals surface area contributed by atoms with Crippen molar-refractivity contribution in [2.45, 2.75) is 18.7 Å². The van der Waals surface area contributed by atoms with Gasteiger partial charge in [-0.25, -0.2) is 8.42 Å². The van der Waals surface area contributed by atoms with E-state index < -0.39 is 22.5 Å². The molecule has 0 aliphatic heterocycles. The van der Waals surface area contributed by atoms with Crippen molar-refractivity contribution in [3.8, 4) is 5.75 Å². The van der Waals surface area contributed by atoms with E-state index >= 15 is 0 Å². The third kappa shape index (κ3) is 5.71. The van der Waals surface area contributed by atoms with Gasteiger partial charge in [-0.3, -0.25) is 13.9 Å². The number of ether oxygens (including phenoxy) is 1. The number of halogens is 1. The normalized spacial score (nSPS) is 11.0. The maximum atomic E-state index is 13.6. The average molecular weight is 487 g/mol. The highest BCUT2D eigenvalue weighted by atomic mass is 35.5. The molecular weight excluding hydrogens is 464 g/mol. The van der Waals surface area contributed by atoms with Gasteiger partial charge in [0.1, 0.15) is 12.3 Å². The standard InChI is InChI=1S/C24H23ClN2O5S/c1-16-7-10-21(11-8-16)33(30,31)27(22-14-19(25)9-12-23(22)32-3)15-24(29)26-20-6-4-5-18(13-20)17(2)28/h4-14H,15H2,1-3H3,(H,26,29). The molecule has 3 aromatic carbocycles. The number of hydrogen-bond acceptors (Lipinski definition) is 5. The molecule has 0 spiro atoms. The minimum absolute atomic E-state index is 0.0153. The van der Waals surface area contributed by atoms with Gasteiger partial charge in [-0.1, -0.05) is 41.4 Å². The lowest BCUT2D eigenvalue weighted by Gasteiger charge is -2.26. The Bertz CT molecular complexity index is 1290. The molecule has 0 aliphatic carbocycles. The highest BCUT2D eigenvalue weighted by Crippen LogP contribution is 2.35. The molecule has 0 saturated heterocycles. The van der Waals surface area contributed by atoms with Crippen molar-refractivity contribution in [1.82, 2.24) is 0 Å². The van der Waals surface area contributed by atoms with E-state index in [9.17, 15) is 18.0 Å². The highest BCUT2D eigenvalue weighted by Gasteiger charge is 2.29. The summed E-state index contributed by atoms with van der Waals surface area (Å²) in [7, 11) is -2.75. The van der Waals surface area contributed by atoms with Crippen LogP contribution in [0.25, 0.3) is 0 Å². The minimum Gasteiger partial charge on any atom is -0.495 e. The van der Waals surface area contributed by atoms with Gasteiger partial charge >= 0.3 is 0 Å². The first-order valence-corrected chi connectivity index (χ1v) is 11.8. The van der Waals surface area contributed by atoms with Crippen molar-refractivity contribution in [2.24, 2.45) is 0 Å². The fourth-order valence-electron chi connectivity index (χ4n) is 3.14. The zero-order valence-corrected chi connectivity index (χ0v) is 19.9. The quantitative estimate of drug-likeness (QED) is 0.466. The SMILES string of the molecule is COc1ccc(Cl)cc1N(CC(=O)Nc1cccc(C(C)=O)c1)S(=O)(=O)c1ccc(C)cc1. The van der Waals surface area contributed by atoms with Gasteiger partial charge in [-0.05, 0) is 56.3 Å². The lowest BCUT2D eigenvalue weighted by Crippen LogP contribution is -2.38. The predicted molar refractivity (Wildman–Crippen MR) is 129 cm³/mol. The Balaban J connectivity index is 2.01. The van der Waals surface area contributed by atoms with Crippen LogP contribution in [0.3, 0.4) is 0 Å². The van der Waals surface area contributed by atoms with E-state index in [0.29, 0.717) is 11.3 Å². The number of nitrogens with one attached hydrogen (secondary N) is 1. The molecule has 0 saturated carbocycles. The number of sulfonamides is 1. The zero-order chi connectivity index (χ0) is 24.2. The molecule has 0 aliphatic rings. The van der Waals surface area contributed by atoms with Crippen LogP contribution < -0.4 is 14.4 Å². The van der Waals surface area contributed by atoms with Crippen molar-refractivity contribution in [2.75, 3.05) is 23.3 Å². The molecule has 1 amide bonds. The van der Waals surface area contributed by atoms with Crippen LogP contribution in [-0.2, 0) is 14.8 Å². The van der Waals surface area contributed by atoms with Gasteiger partial charge in [0.2, 0.25) is 5.91 Å². The number of hydrogen-bond donors (Lipinski definition) is 1. The number of carbonyl (C=O) groups excluding carboxylic acids is 2. The molecule has 0 fully saturated rings. The first kappa shape index (κ1) is 24.3. The van der Waals surface area contributed by atoms with Crippen LogP contribution in [0.4, 0.5) is 11.4 Å². The molecule has 0 unspecified atom stereocenters. The smallest absolute Gasteiger partial charge is 0.264 e. The van der Waals surface area contributed by atoms with Crippen molar-refractivity contribution >= 4 is 44.7 Å². The Labute approximate surface area is 198 Å². The molecule has 172 valence electrons. The van der Waals surface area contributed by atoms with Crippen molar-refractivity contribution in [3.63, 3.8) is 0 Å². The number of aryl methyl sites for hydroxylation is 1. The fraction of sp³-hybridized carbons (Fsp3) is 0.167. The molecule has 0 bridgehead atoms. The monoisotopic (exact) mass is 486 g/mol. The van der Waals surface area contributed by atoms with E-state index in [2.05, 4.69) is 5.32 Å². The largest absolute Gasteiger partial charge is 0.495 e. The second-order valence-electron chi connectivity index (χ2n) is 7.33. The number of anilines is 2. The number of rotatable bonds is 8. The van der Waals surface area contributed by atoms with Crippen molar-refractivity contribution in [1.29, 1.82) is 0 Å². The van der Waals surface area contributed by atoms with E-state index in [1.807, 2.05) is 6.92 Å². The molecule has 3 aromatic rings. The maximum Gasteiger partial charge on any atom is 0.264 e. The first-order chi connectivity index (χ1) is 15.6. The first-order valence-electron chi connectivity index (χ1n) is 9.95. The molecule has 3 rings (SSSR count). The Hall–Kier alpha value is -3.36. The van der Waals surface area contributed by atoms with Crippen LogP contribution in [-0.4, -0.2) is 33.8 Å². The Kier molecular flexibility index (Phi) is 7.40. The number of Topliss-reactive ketones (excluding diaryl/α,β-unsaturated/α-hetero) is 1. The summed E-state index contributed by atoms with van der Waals surface area (Å²) in [5.74, 6) is -0.520. The van der Waals surface area contributed by atoms with Gasteiger partial charge in [0, 0.05) is 16.3 Å². The van der Waals surface area contributed by atoms with Crippen molar-refractivity contribution < 1.29 is 22.7 Å². The summed E-state index contributed by atoms with van der Waals surface area (Å²) in [6.45, 7) is 2.72. The topological polar surface area (TPSA) is 92.8 Å². The van der Waals surface area contributed by atoms with E-state index in [4.69, 9.17) is 16.3 Å². The Morgan fingerprint density at radius 2 is 1.73 bits per heavy atom. The number of nitrogens with zero attached hydrogens (tertiary/aromatic N) is 1. The summed E-state index contributed by atoms with van der Waals surface area (Å²) in [4.78, 5) is 24.6. The fourth-order valence-corrected chi connectivity index (χ4v) is 4.73. The number of methoxy groups -OCH3 is 1. The van der Waals surface area contributed by atoms with Gasteiger partial charge in [-0.2, -0.15) is 0 Å². The number of benzene rings is 3. The maximum absolute atomic E-state index is 13.6. The predicted octanol–water partition coefficient (Wildman–Crippen LogP) is 4.69. The molecule has 1 N–H and O–H groups in total. The zero-order valence-electron chi connectivity index (χ0n) is 18.3. The van der Waals surface area contributed by atoms with Crippen molar-refractivity contribution in [3.05, 3.63) is 82.9 Å². The second-order valence-corrected chi connectivity index (χ2v) is 9.62. The number of ketones is 1. The summed E-state index contributed by atoms with van der Waals surface area (Å²) in [5.41, 5.74) is 1.81. The lowest BCUT2D eigenvalue weighted by molar-refractivity contribution is -0.114. The van der Waals surface area contributed by atoms with Gasteiger partial charge in [0.05, 0.1) is 17.7 Å². The van der Waals surface area contributed by atoms with Crippen LogP contribution in [0.2, 0.25) is 5.02 Å². The highest BCUT2D eigenvalue weighted by molar-refractivity contribution is 7.92. The average Bonchev–Trinajstić information content (AvgIpc) is 2.77. The molecule has 9 heteroatoms. The number of carbonyl (C=O) groups is 2. The Morgan fingerprint density at radius 1 is 1.03 bits per heavy atom. The van der Waals surface area contributed by atoms with Gasteiger partial charge in [-0.15, -0.1) is 0 Å². The molecule has 0 radical (unpaired) electrons. The summed E-state index contributed by atoms with van der Waals surface area (Å²) in [6, 6.07) is 17.2. The third-order valence-electron chi connectivity index (χ3n) is 4.86. The van der Waals surface area contributed by atoms with Gasteiger partial charge in [0.25, 0.3) is 10.0 Å². The van der Waals surface area contributed by atoms with E-state index in [1.165, 1.54) is 44.4 Å². The van der Waals surface area contributed by atoms with Gasteiger partial charge < -0.3 is 10.1 Å². The summed E-state index contributed by atoms with van der Waals surface area (Å²) >= 11 is 6.14. The second kappa shape index (κ2) is 10.1. The summed E-state index contributed by atoms with van der Waals surface area (Å²) in [6.07, 6.45) is 0. The van der Waals surface area contributed by atoms with Crippen LogP contribution in [0, 0.1) is 6.92 Å². The van der Waals surface area contributed by atoms with E-state index in [1.54, 1.807) is 36.4 Å². The van der Waals surface area contributed by atoms with E-state index in [0.717, 1.165) is 9.87 Å². The van der Waals surface area contributed by atoms with E-state index in [-0.39, 0.29) is 27.1 Å². The number of amides is 1. The summed E-state index contributed by atoms with van der Waals surface area (Å²) < 4.78 is 33.4. The lowest BCUT2D eigenvalue weighted by atomic mass is 10.1. The molecule has 0 atom stereocenters. The Morgan fingerprint density at radius 3 is 2.36 bits per heavy atom. The molecule has 0 heterocycles. The van der Waals surface area contributed by atoms with Crippen LogP contribution in [0.1, 0.15) is 22.8 Å². The molecule has 33 heavy (non-hydrogen) atoms.